The molecule has 0 spiro atoms. The van der Waals surface area contributed by atoms with Gasteiger partial charge in [-0.05, 0) is 118 Å². The number of benzene rings is 9. The van der Waals surface area contributed by atoms with Crippen LogP contribution in [0.25, 0.3) is 119 Å². The monoisotopic (exact) mass is 714 g/mol. The lowest BCUT2D eigenvalue weighted by Crippen LogP contribution is -1.95. The summed E-state index contributed by atoms with van der Waals surface area (Å²) in [5.74, 6) is 0.726. The van der Waals surface area contributed by atoms with Crippen molar-refractivity contribution in [1.82, 2.24) is 9.97 Å². The number of nitrogens with zero attached hydrogens (tertiary/aromatic N) is 2. The molecule has 0 saturated heterocycles. The molecule has 10 aromatic carbocycles. The van der Waals surface area contributed by atoms with Crippen molar-refractivity contribution in [2.75, 3.05) is 0 Å². The van der Waals surface area contributed by atoms with E-state index in [1.54, 1.807) is 11.3 Å². The molecule has 0 atom stereocenters. The van der Waals surface area contributed by atoms with E-state index in [1.807, 2.05) is 18.2 Å². The van der Waals surface area contributed by atoms with Gasteiger partial charge in [0, 0.05) is 15.8 Å². The average molecular weight is 715 g/mol. The molecule has 0 saturated carbocycles. The van der Waals surface area contributed by atoms with Crippen molar-refractivity contribution >= 4 is 86.1 Å². The van der Waals surface area contributed by atoms with Crippen molar-refractivity contribution in [2.45, 2.75) is 0 Å². The lowest BCUT2D eigenvalue weighted by atomic mass is 9.86. The van der Waals surface area contributed by atoms with Crippen molar-refractivity contribution in [1.29, 1.82) is 0 Å². The van der Waals surface area contributed by atoms with Crippen LogP contribution in [0.3, 0.4) is 0 Å². The van der Waals surface area contributed by atoms with Gasteiger partial charge in [-0.25, -0.2) is 9.97 Å². The minimum Gasteiger partial charge on any atom is -0.228 e. The number of hydrogen-bond donors (Lipinski definition) is 0. The third-order valence-electron chi connectivity index (χ3n) is 11.4. The number of fused-ring (bicyclic) bond motifs is 3. The summed E-state index contributed by atoms with van der Waals surface area (Å²) in [6, 6.07) is 66.4. The molecular weight excluding hydrogens is 685 g/mol. The van der Waals surface area contributed by atoms with Crippen LogP contribution >= 0.6 is 11.3 Å². The molecule has 0 N–H and O–H groups in total. The molecule has 2 heterocycles. The van der Waals surface area contributed by atoms with E-state index in [0.29, 0.717) is 0 Å². The fraction of sp³-hybridized carbons (Fsp3) is 0. The summed E-state index contributed by atoms with van der Waals surface area (Å²) in [4.78, 5) is 11.5. The highest BCUT2D eigenvalue weighted by Gasteiger charge is 2.18. The van der Waals surface area contributed by atoms with E-state index < -0.39 is 0 Å². The first-order valence-corrected chi connectivity index (χ1v) is 19.5. The number of aromatic nitrogens is 2. The van der Waals surface area contributed by atoms with Crippen LogP contribution in [0.5, 0.6) is 0 Å². The standard InChI is InChI=1S/C52H30N2S/c1-2-10-34(11-3-1)52-53-44(30-45(54-52)47-29-37-12-4-5-21-46(37)55-47)36-17-6-16-35(26-36)39-27-38-25-24-33-14-8-19-41-40-18-7-13-31-22-23-32-15-9-20-42(50(32)48(31)40)43(28-39)51(38)49(33)41/h1-30H. The molecule has 0 unspecified atom stereocenters. The first-order valence-electron chi connectivity index (χ1n) is 18.7. The van der Waals surface area contributed by atoms with Crippen LogP contribution in [0, 0.1) is 0 Å². The topological polar surface area (TPSA) is 25.8 Å². The molecule has 55 heavy (non-hydrogen) atoms. The SMILES string of the molecule is c1ccc(-c2nc(-c3cccc(-c4cc5ccc6cccc7c8cccc9ccc%10cccc(c(c4)c5c67)c%10c98)c3)cc(-c3cc4ccccc4s3)n2)cc1. The van der Waals surface area contributed by atoms with Crippen LogP contribution in [0.4, 0.5) is 0 Å². The third kappa shape index (κ3) is 4.73. The number of thiophene rings is 1. The van der Waals surface area contributed by atoms with Crippen LogP contribution < -0.4 is 0 Å². The summed E-state index contributed by atoms with van der Waals surface area (Å²) in [6.07, 6.45) is 0. The van der Waals surface area contributed by atoms with Crippen molar-refractivity contribution in [2.24, 2.45) is 0 Å². The number of hydrogen-bond acceptors (Lipinski definition) is 3. The quantitative estimate of drug-likeness (QED) is 0.170. The van der Waals surface area contributed by atoms with Gasteiger partial charge in [-0.3, -0.25) is 0 Å². The van der Waals surface area contributed by atoms with Gasteiger partial charge >= 0.3 is 0 Å². The first-order chi connectivity index (χ1) is 27.2. The van der Waals surface area contributed by atoms with Gasteiger partial charge < -0.3 is 0 Å². The van der Waals surface area contributed by atoms with Crippen LogP contribution in [-0.4, -0.2) is 9.97 Å². The maximum atomic E-state index is 5.20. The molecular formula is C52H30N2S. The van der Waals surface area contributed by atoms with E-state index in [4.69, 9.17) is 9.97 Å². The summed E-state index contributed by atoms with van der Waals surface area (Å²) < 4.78 is 1.25. The van der Waals surface area contributed by atoms with Crippen molar-refractivity contribution in [3.05, 3.63) is 182 Å². The van der Waals surface area contributed by atoms with Crippen LogP contribution in [0.1, 0.15) is 0 Å². The molecule has 0 aliphatic heterocycles. The second kappa shape index (κ2) is 11.8. The Hall–Kier alpha value is -6.94. The maximum absolute atomic E-state index is 5.20. The summed E-state index contributed by atoms with van der Waals surface area (Å²) in [5, 5.41) is 16.7. The van der Waals surface area contributed by atoms with Gasteiger partial charge in [0.05, 0.1) is 16.3 Å². The van der Waals surface area contributed by atoms with Crippen molar-refractivity contribution < 1.29 is 0 Å². The Morgan fingerprint density at radius 1 is 0.309 bits per heavy atom. The Morgan fingerprint density at radius 3 is 1.56 bits per heavy atom. The molecule has 12 rings (SSSR count). The van der Waals surface area contributed by atoms with Gasteiger partial charge in [-0.2, -0.15) is 0 Å². The average Bonchev–Trinajstić information content (AvgIpc) is 3.70. The largest absolute Gasteiger partial charge is 0.228 e. The van der Waals surface area contributed by atoms with Gasteiger partial charge in [0.15, 0.2) is 5.82 Å². The molecule has 254 valence electrons. The maximum Gasteiger partial charge on any atom is 0.160 e. The lowest BCUT2D eigenvalue weighted by Gasteiger charge is -2.17. The van der Waals surface area contributed by atoms with Gasteiger partial charge in [-0.1, -0.05) is 146 Å². The Balaban J connectivity index is 1.12. The highest BCUT2D eigenvalue weighted by Crippen LogP contribution is 2.45. The van der Waals surface area contributed by atoms with E-state index in [0.717, 1.165) is 38.8 Å². The smallest absolute Gasteiger partial charge is 0.160 e. The Labute approximate surface area is 320 Å². The first kappa shape index (κ1) is 30.5. The molecule has 0 amide bonds. The predicted octanol–water partition coefficient (Wildman–Crippen LogP) is 14.7. The summed E-state index contributed by atoms with van der Waals surface area (Å²) in [6.45, 7) is 0. The van der Waals surface area contributed by atoms with E-state index in [1.165, 1.54) is 80.3 Å². The van der Waals surface area contributed by atoms with E-state index in [9.17, 15) is 0 Å². The van der Waals surface area contributed by atoms with Crippen LogP contribution in [0.2, 0.25) is 0 Å². The van der Waals surface area contributed by atoms with Gasteiger partial charge in [0.1, 0.15) is 0 Å². The van der Waals surface area contributed by atoms with Crippen molar-refractivity contribution in [3.63, 3.8) is 0 Å². The Kier molecular flexibility index (Phi) is 6.54. The predicted molar refractivity (Wildman–Crippen MR) is 235 cm³/mol. The zero-order valence-corrected chi connectivity index (χ0v) is 30.4. The fourth-order valence-electron chi connectivity index (χ4n) is 8.85. The number of rotatable bonds is 4. The Morgan fingerprint density at radius 2 is 0.855 bits per heavy atom. The fourth-order valence-corrected chi connectivity index (χ4v) is 9.88. The molecule has 0 bridgehead atoms. The summed E-state index contributed by atoms with van der Waals surface area (Å²) >= 11 is 1.77. The van der Waals surface area contributed by atoms with Gasteiger partial charge in [0.25, 0.3) is 0 Å². The normalized spacial score (nSPS) is 12.0. The molecule has 0 aliphatic carbocycles. The molecule has 0 fully saturated rings. The molecule has 2 nitrogen and oxygen atoms in total. The van der Waals surface area contributed by atoms with Gasteiger partial charge in [-0.15, -0.1) is 11.3 Å². The zero-order valence-electron chi connectivity index (χ0n) is 29.6. The molecule has 0 radical (unpaired) electrons. The van der Waals surface area contributed by atoms with Crippen LogP contribution in [-0.2, 0) is 0 Å². The highest BCUT2D eigenvalue weighted by atomic mass is 32.1. The lowest BCUT2D eigenvalue weighted by molar-refractivity contribution is 1.19. The minimum atomic E-state index is 0.726. The van der Waals surface area contributed by atoms with E-state index in [2.05, 4.69) is 164 Å². The Bertz CT molecular complexity index is 3450. The summed E-state index contributed by atoms with van der Waals surface area (Å²) in [7, 11) is 0. The zero-order chi connectivity index (χ0) is 36.0. The molecule has 2 aromatic heterocycles. The van der Waals surface area contributed by atoms with Crippen LogP contribution in [0.15, 0.2) is 182 Å². The van der Waals surface area contributed by atoms with Gasteiger partial charge in [0.2, 0.25) is 0 Å². The van der Waals surface area contributed by atoms with E-state index >= 15 is 0 Å². The summed E-state index contributed by atoms with van der Waals surface area (Å²) in [5.41, 5.74) is 6.23. The molecule has 3 heteroatoms. The third-order valence-corrected chi connectivity index (χ3v) is 12.5. The van der Waals surface area contributed by atoms with Crippen molar-refractivity contribution in [3.8, 4) is 44.3 Å². The second-order valence-corrected chi connectivity index (χ2v) is 15.6. The van der Waals surface area contributed by atoms with E-state index in [-0.39, 0.29) is 0 Å². The molecule has 12 aromatic rings. The minimum absolute atomic E-state index is 0.726. The highest BCUT2D eigenvalue weighted by molar-refractivity contribution is 7.22. The molecule has 0 aliphatic rings. The second-order valence-electron chi connectivity index (χ2n) is 14.5.